The largest absolute Gasteiger partial charge is 0.348 e. The van der Waals surface area contributed by atoms with E-state index in [1.54, 1.807) is 0 Å². The molecule has 0 unspecified atom stereocenters. The molecule has 0 fully saturated rings. The number of nitrogens with one attached hydrogen (secondary N) is 1. The molecule has 0 radical (unpaired) electrons. The van der Waals surface area contributed by atoms with Gasteiger partial charge in [-0.25, -0.2) is 0 Å². The van der Waals surface area contributed by atoms with Crippen molar-refractivity contribution in [3.63, 3.8) is 0 Å². The highest BCUT2D eigenvalue weighted by Gasteiger charge is 2.29. The van der Waals surface area contributed by atoms with E-state index in [1.165, 1.54) is 0 Å². The van der Waals surface area contributed by atoms with Crippen LogP contribution in [0.25, 0.3) is 0 Å². The number of hydrogen-bond acceptors (Lipinski definition) is 2. The van der Waals surface area contributed by atoms with Crippen molar-refractivity contribution in [1.82, 2.24) is 5.32 Å². The molecule has 1 aromatic rings. The molecule has 1 aliphatic carbocycles. The molecule has 1 aromatic carbocycles. The van der Waals surface area contributed by atoms with Crippen molar-refractivity contribution in [2.45, 2.75) is 32.7 Å². The minimum Gasteiger partial charge on any atom is -0.348 e. The van der Waals surface area contributed by atoms with Crippen LogP contribution in [-0.2, 0) is 11.2 Å². The lowest BCUT2D eigenvalue weighted by atomic mass is 9.80. The number of nitrogens with zero attached hydrogens (tertiary/aromatic N) is 1. The van der Waals surface area contributed by atoms with Gasteiger partial charge in [0.25, 0.3) is 0 Å². The third-order valence-corrected chi connectivity index (χ3v) is 3.76. The van der Waals surface area contributed by atoms with Gasteiger partial charge in [-0.3, -0.25) is 4.79 Å². The molecule has 0 saturated heterocycles. The zero-order chi connectivity index (χ0) is 14.5. The summed E-state index contributed by atoms with van der Waals surface area (Å²) < 4.78 is 0. The van der Waals surface area contributed by atoms with Crippen LogP contribution in [0.1, 0.15) is 25.8 Å². The van der Waals surface area contributed by atoms with Crippen molar-refractivity contribution >= 4 is 5.91 Å². The minimum atomic E-state index is -0.146. The van der Waals surface area contributed by atoms with Crippen molar-refractivity contribution < 1.29 is 4.79 Å². The van der Waals surface area contributed by atoms with Crippen LogP contribution >= 0.6 is 0 Å². The van der Waals surface area contributed by atoms with Gasteiger partial charge in [0, 0.05) is 0 Å². The van der Waals surface area contributed by atoms with Gasteiger partial charge in [-0.05, 0) is 24.8 Å². The Hall–Kier alpha value is -2.08. The quantitative estimate of drug-likeness (QED) is 0.857. The third-order valence-electron chi connectivity index (χ3n) is 3.76. The van der Waals surface area contributed by atoms with E-state index in [1.807, 2.05) is 37.3 Å². The van der Waals surface area contributed by atoms with Gasteiger partial charge < -0.3 is 5.32 Å². The molecule has 0 aliphatic heterocycles. The van der Waals surface area contributed by atoms with Crippen LogP contribution in [0.2, 0.25) is 0 Å². The molecule has 1 N–H and O–H groups in total. The highest BCUT2D eigenvalue weighted by Crippen LogP contribution is 2.27. The van der Waals surface area contributed by atoms with Gasteiger partial charge in [0.15, 0.2) is 0 Å². The van der Waals surface area contributed by atoms with Crippen LogP contribution in [0.4, 0.5) is 0 Å². The molecule has 104 valence electrons. The van der Waals surface area contributed by atoms with Crippen molar-refractivity contribution in [2.24, 2.45) is 11.8 Å². The number of carbonyl (C=O) groups is 1. The molecule has 3 atom stereocenters. The number of carbonyl (C=O) groups excluding carboxylic acids is 1. The van der Waals surface area contributed by atoms with Gasteiger partial charge in [0.2, 0.25) is 5.91 Å². The molecule has 0 bridgehead atoms. The first-order valence-electron chi connectivity index (χ1n) is 7.01. The van der Waals surface area contributed by atoms with Gasteiger partial charge in [-0.15, -0.1) is 0 Å². The Labute approximate surface area is 120 Å². The topological polar surface area (TPSA) is 52.9 Å². The molecule has 1 amide bonds. The fraction of sp³-hybridized carbons (Fsp3) is 0.412. The second-order valence-electron chi connectivity index (χ2n) is 5.57. The number of benzene rings is 1. The first-order valence-corrected chi connectivity index (χ1v) is 7.01. The average molecular weight is 268 g/mol. The summed E-state index contributed by atoms with van der Waals surface area (Å²) in [5.74, 6) is 0.250. The summed E-state index contributed by atoms with van der Waals surface area (Å²) in [5.41, 5.74) is 2.08. The van der Waals surface area contributed by atoms with Gasteiger partial charge in [-0.1, -0.05) is 48.9 Å². The van der Waals surface area contributed by atoms with E-state index < -0.39 is 0 Å². The summed E-state index contributed by atoms with van der Waals surface area (Å²) in [4.78, 5) is 12.1. The number of amides is 1. The Balaban J connectivity index is 2.03. The lowest BCUT2D eigenvalue weighted by Gasteiger charge is -2.30. The Morgan fingerprint density at radius 2 is 2.10 bits per heavy atom. The summed E-state index contributed by atoms with van der Waals surface area (Å²) in [6.45, 7) is 4.10. The van der Waals surface area contributed by atoms with E-state index in [-0.39, 0.29) is 17.9 Å². The monoisotopic (exact) mass is 268 g/mol. The van der Waals surface area contributed by atoms with E-state index in [4.69, 9.17) is 0 Å². The molecule has 0 spiro atoms. The minimum absolute atomic E-state index is 0.0243. The molecular weight excluding hydrogens is 248 g/mol. The van der Waals surface area contributed by atoms with E-state index >= 15 is 0 Å². The molecule has 0 saturated carbocycles. The maximum atomic E-state index is 12.1. The summed E-state index contributed by atoms with van der Waals surface area (Å²) in [5, 5.41) is 12.3. The molecular formula is C17H20N2O. The van der Waals surface area contributed by atoms with Crippen molar-refractivity contribution in [1.29, 1.82) is 5.26 Å². The molecule has 1 aliphatic rings. The third kappa shape index (κ3) is 3.48. The normalized spacial score (nSPS) is 25.4. The van der Waals surface area contributed by atoms with Gasteiger partial charge in [0.1, 0.15) is 0 Å². The fourth-order valence-corrected chi connectivity index (χ4v) is 2.82. The maximum Gasteiger partial charge on any atom is 0.224 e. The molecule has 0 aromatic heterocycles. The van der Waals surface area contributed by atoms with Crippen LogP contribution in [0.3, 0.4) is 0 Å². The van der Waals surface area contributed by atoms with E-state index in [0.717, 1.165) is 17.6 Å². The zero-order valence-electron chi connectivity index (χ0n) is 12.0. The Kier molecular flexibility index (Phi) is 4.57. The number of allylic oxidation sites excluding steroid dienone is 1. The first kappa shape index (κ1) is 14.3. The van der Waals surface area contributed by atoms with Crippen LogP contribution in [0.5, 0.6) is 0 Å². The molecule has 3 nitrogen and oxygen atoms in total. The van der Waals surface area contributed by atoms with Gasteiger partial charge in [0.05, 0.1) is 24.4 Å². The van der Waals surface area contributed by atoms with E-state index in [0.29, 0.717) is 12.3 Å². The lowest BCUT2D eigenvalue weighted by Crippen LogP contribution is -2.43. The van der Waals surface area contributed by atoms with Gasteiger partial charge in [-0.2, -0.15) is 5.26 Å². The Morgan fingerprint density at radius 3 is 2.75 bits per heavy atom. The SMILES string of the molecule is CC1=C[C@H](C)C[C@H](C#N)[C@@H]1NC(=O)Cc1ccccc1. The lowest BCUT2D eigenvalue weighted by molar-refractivity contribution is -0.121. The number of hydrogen-bond donors (Lipinski definition) is 1. The highest BCUT2D eigenvalue weighted by molar-refractivity contribution is 5.79. The highest BCUT2D eigenvalue weighted by atomic mass is 16.1. The summed E-state index contributed by atoms with van der Waals surface area (Å²) in [6.07, 6.45) is 3.32. The Bertz CT molecular complexity index is 542. The summed E-state index contributed by atoms with van der Waals surface area (Å²) in [6, 6.07) is 11.8. The van der Waals surface area contributed by atoms with Crippen molar-refractivity contribution in [2.75, 3.05) is 0 Å². The van der Waals surface area contributed by atoms with Crippen molar-refractivity contribution in [3.8, 4) is 6.07 Å². The molecule has 20 heavy (non-hydrogen) atoms. The molecule has 3 heteroatoms. The van der Waals surface area contributed by atoms with Crippen LogP contribution in [0, 0.1) is 23.2 Å². The number of nitriles is 1. The summed E-state index contributed by atoms with van der Waals surface area (Å²) in [7, 11) is 0. The number of rotatable bonds is 3. The predicted octanol–water partition coefficient (Wildman–Crippen LogP) is 2.84. The zero-order valence-corrected chi connectivity index (χ0v) is 12.0. The smallest absolute Gasteiger partial charge is 0.224 e. The van der Waals surface area contributed by atoms with E-state index in [9.17, 15) is 10.1 Å². The predicted molar refractivity (Wildman–Crippen MR) is 78.7 cm³/mol. The average Bonchev–Trinajstić information content (AvgIpc) is 2.42. The van der Waals surface area contributed by atoms with E-state index in [2.05, 4.69) is 24.4 Å². The summed E-state index contributed by atoms with van der Waals surface area (Å²) >= 11 is 0. The van der Waals surface area contributed by atoms with Crippen LogP contribution in [0.15, 0.2) is 42.0 Å². The second kappa shape index (κ2) is 6.38. The van der Waals surface area contributed by atoms with Crippen molar-refractivity contribution in [3.05, 3.63) is 47.5 Å². The maximum absolute atomic E-state index is 12.1. The molecule has 0 heterocycles. The van der Waals surface area contributed by atoms with Gasteiger partial charge >= 0.3 is 0 Å². The van der Waals surface area contributed by atoms with Crippen LogP contribution < -0.4 is 5.32 Å². The second-order valence-corrected chi connectivity index (χ2v) is 5.57. The standard InChI is InChI=1S/C17H20N2O/c1-12-8-13(2)17(15(9-12)11-18)19-16(20)10-14-6-4-3-5-7-14/h3-8,12,15,17H,9-10H2,1-2H3,(H,19,20)/t12-,15+,17+/m0/s1. The fourth-order valence-electron chi connectivity index (χ4n) is 2.82. The Morgan fingerprint density at radius 1 is 1.40 bits per heavy atom. The molecule has 2 rings (SSSR count). The first-order chi connectivity index (χ1) is 9.60. The van der Waals surface area contributed by atoms with Crippen LogP contribution in [-0.4, -0.2) is 11.9 Å².